The first kappa shape index (κ1) is 24.8. The van der Waals surface area contributed by atoms with Gasteiger partial charge in [-0.1, -0.05) is 71.6 Å². The van der Waals surface area contributed by atoms with Crippen LogP contribution in [0.15, 0.2) is 53.0 Å². The lowest BCUT2D eigenvalue weighted by molar-refractivity contribution is -0.139. The van der Waals surface area contributed by atoms with Crippen LogP contribution in [0.4, 0.5) is 0 Å². The zero-order valence-electron chi connectivity index (χ0n) is 19.0. The first-order chi connectivity index (χ1) is 15.4. The van der Waals surface area contributed by atoms with Crippen molar-refractivity contribution in [3.05, 3.63) is 69.7 Å². The molecule has 172 valence electrons. The predicted octanol–water partition coefficient (Wildman–Crippen LogP) is 5.86. The summed E-state index contributed by atoms with van der Waals surface area (Å²) in [4.78, 5) is 28.0. The molecule has 0 saturated heterocycles. The molecule has 1 N–H and O–H groups in total. The van der Waals surface area contributed by atoms with Crippen molar-refractivity contribution in [2.45, 2.75) is 70.3 Å². The molecule has 4 nitrogen and oxygen atoms in total. The number of halogens is 1. The summed E-state index contributed by atoms with van der Waals surface area (Å²) in [6.45, 7) is 4.35. The molecular formula is C26H33BrN2O2S. The van der Waals surface area contributed by atoms with Gasteiger partial charge in [-0.3, -0.25) is 9.59 Å². The molecule has 6 heteroatoms. The van der Waals surface area contributed by atoms with Crippen LogP contribution in [0.5, 0.6) is 0 Å². The summed E-state index contributed by atoms with van der Waals surface area (Å²) in [5.41, 5.74) is 3.39. The van der Waals surface area contributed by atoms with E-state index in [9.17, 15) is 9.59 Å². The van der Waals surface area contributed by atoms with Gasteiger partial charge < -0.3 is 10.2 Å². The molecule has 0 heterocycles. The summed E-state index contributed by atoms with van der Waals surface area (Å²) in [5, 5.41) is 3.20. The maximum Gasteiger partial charge on any atom is 0.242 e. The van der Waals surface area contributed by atoms with Gasteiger partial charge in [0.2, 0.25) is 11.8 Å². The van der Waals surface area contributed by atoms with E-state index in [1.807, 2.05) is 50.2 Å². The van der Waals surface area contributed by atoms with Crippen LogP contribution in [-0.2, 0) is 21.9 Å². The summed E-state index contributed by atoms with van der Waals surface area (Å²) in [6.07, 6.45) is 5.64. The molecule has 0 radical (unpaired) electrons. The van der Waals surface area contributed by atoms with E-state index in [-0.39, 0.29) is 17.9 Å². The molecular weight excluding hydrogens is 484 g/mol. The molecule has 2 aromatic carbocycles. The molecule has 32 heavy (non-hydrogen) atoms. The Bertz CT molecular complexity index is 897. The first-order valence-electron chi connectivity index (χ1n) is 11.4. The summed E-state index contributed by atoms with van der Waals surface area (Å²) in [6, 6.07) is 16.0. The minimum absolute atomic E-state index is 0.00154. The molecule has 3 rings (SSSR count). The average Bonchev–Trinajstić information content (AvgIpc) is 2.80. The molecule has 2 amide bonds. The third-order valence-electron chi connectivity index (χ3n) is 6.13. The van der Waals surface area contributed by atoms with Gasteiger partial charge in [0.05, 0.1) is 5.75 Å². The molecule has 0 bridgehead atoms. The average molecular weight is 518 g/mol. The standard InChI is InChI=1S/C26H33BrN2O2S/c1-19-8-6-7-9-22(19)16-29(20(2)26(31)28-24-10-4-3-5-11-24)25(30)18-32-17-21-12-14-23(27)15-13-21/h6-9,12-15,20,24H,3-5,10-11,16-18H2,1-2H3,(H,28,31). The fourth-order valence-corrected chi connectivity index (χ4v) is 5.18. The Morgan fingerprint density at radius 1 is 1.09 bits per heavy atom. The Balaban J connectivity index is 1.65. The fraction of sp³-hybridized carbons (Fsp3) is 0.462. The van der Waals surface area contributed by atoms with E-state index in [1.54, 1.807) is 16.7 Å². The van der Waals surface area contributed by atoms with E-state index in [0.717, 1.165) is 47.0 Å². The van der Waals surface area contributed by atoms with E-state index in [0.29, 0.717) is 12.3 Å². The lowest BCUT2D eigenvalue weighted by atomic mass is 9.95. The minimum Gasteiger partial charge on any atom is -0.352 e. The van der Waals surface area contributed by atoms with Gasteiger partial charge in [-0.2, -0.15) is 0 Å². The van der Waals surface area contributed by atoms with Crippen molar-refractivity contribution in [2.75, 3.05) is 5.75 Å². The number of nitrogens with one attached hydrogen (secondary N) is 1. The van der Waals surface area contributed by atoms with Crippen molar-refractivity contribution in [1.29, 1.82) is 0 Å². The zero-order valence-corrected chi connectivity index (χ0v) is 21.4. The number of hydrogen-bond donors (Lipinski definition) is 1. The van der Waals surface area contributed by atoms with Crippen LogP contribution < -0.4 is 5.32 Å². The number of carbonyl (C=O) groups is 2. The number of aryl methyl sites for hydroxylation is 1. The third-order valence-corrected chi connectivity index (χ3v) is 7.65. The predicted molar refractivity (Wildman–Crippen MR) is 137 cm³/mol. The van der Waals surface area contributed by atoms with Crippen molar-refractivity contribution < 1.29 is 9.59 Å². The van der Waals surface area contributed by atoms with Crippen LogP contribution >= 0.6 is 27.7 Å². The van der Waals surface area contributed by atoms with Gasteiger partial charge in [0.25, 0.3) is 0 Å². The number of amides is 2. The second kappa shape index (κ2) is 12.4. The van der Waals surface area contributed by atoms with Gasteiger partial charge in [0.15, 0.2) is 0 Å². The zero-order chi connectivity index (χ0) is 22.9. The summed E-state index contributed by atoms with van der Waals surface area (Å²) < 4.78 is 1.05. The van der Waals surface area contributed by atoms with Crippen molar-refractivity contribution in [1.82, 2.24) is 10.2 Å². The van der Waals surface area contributed by atoms with Crippen LogP contribution in [0.25, 0.3) is 0 Å². The molecule has 2 aromatic rings. The van der Waals surface area contributed by atoms with Crippen molar-refractivity contribution in [2.24, 2.45) is 0 Å². The van der Waals surface area contributed by atoms with E-state index in [4.69, 9.17) is 0 Å². The van der Waals surface area contributed by atoms with Gasteiger partial charge in [0.1, 0.15) is 6.04 Å². The fourth-order valence-electron chi connectivity index (χ4n) is 4.04. The lowest BCUT2D eigenvalue weighted by Gasteiger charge is -2.31. The molecule has 1 saturated carbocycles. The highest BCUT2D eigenvalue weighted by Gasteiger charge is 2.28. The quantitative estimate of drug-likeness (QED) is 0.454. The molecule has 1 unspecified atom stereocenters. The molecule has 1 atom stereocenters. The van der Waals surface area contributed by atoms with Gasteiger partial charge >= 0.3 is 0 Å². The summed E-state index contributed by atoms with van der Waals surface area (Å²) in [5.74, 6) is 1.07. The third kappa shape index (κ3) is 7.38. The Morgan fingerprint density at radius 2 is 1.78 bits per heavy atom. The largest absolute Gasteiger partial charge is 0.352 e. The van der Waals surface area contributed by atoms with Gasteiger partial charge in [-0.15, -0.1) is 11.8 Å². The summed E-state index contributed by atoms with van der Waals surface area (Å²) in [7, 11) is 0. The van der Waals surface area contributed by atoms with E-state index < -0.39 is 6.04 Å². The second-order valence-electron chi connectivity index (χ2n) is 8.59. The minimum atomic E-state index is -0.502. The van der Waals surface area contributed by atoms with Crippen molar-refractivity contribution in [3.63, 3.8) is 0 Å². The maximum absolute atomic E-state index is 13.3. The highest BCUT2D eigenvalue weighted by molar-refractivity contribution is 9.10. The number of carbonyl (C=O) groups excluding carboxylic acids is 2. The van der Waals surface area contributed by atoms with E-state index in [2.05, 4.69) is 33.4 Å². The summed E-state index contributed by atoms with van der Waals surface area (Å²) >= 11 is 5.04. The highest BCUT2D eigenvalue weighted by atomic mass is 79.9. The lowest BCUT2D eigenvalue weighted by Crippen LogP contribution is -2.50. The number of nitrogens with zero attached hydrogens (tertiary/aromatic N) is 1. The van der Waals surface area contributed by atoms with Crippen LogP contribution in [0.3, 0.4) is 0 Å². The molecule has 1 fully saturated rings. The molecule has 0 aliphatic heterocycles. The van der Waals surface area contributed by atoms with Crippen molar-refractivity contribution >= 4 is 39.5 Å². The normalized spacial score (nSPS) is 15.2. The van der Waals surface area contributed by atoms with Crippen LogP contribution in [0, 0.1) is 6.92 Å². The first-order valence-corrected chi connectivity index (χ1v) is 13.4. The van der Waals surface area contributed by atoms with Gasteiger partial charge in [-0.05, 0) is 55.5 Å². The molecule has 1 aliphatic rings. The Hall–Kier alpha value is -1.79. The van der Waals surface area contributed by atoms with E-state index in [1.165, 1.54) is 12.0 Å². The highest BCUT2D eigenvalue weighted by Crippen LogP contribution is 2.20. The second-order valence-corrected chi connectivity index (χ2v) is 10.5. The smallest absolute Gasteiger partial charge is 0.242 e. The van der Waals surface area contributed by atoms with E-state index >= 15 is 0 Å². The number of thioether (sulfide) groups is 1. The van der Waals surface area contributed by atoms with Gasteiger partial charge in [0, 0.05) is 22.8 Å². The Labute approximate surface area is 204 Å². The molecule has 0 aromatic heterocycles. The maximum atomic E-state index is 13.3. The molecule has 0 spiro atoms. The van der Waals surface area contributed by atoms with Crippen LogP contribution in [-0.4, -0.2) is 34.6 Å². The number of benzene rings is 2. The van der Waals surface area contributed by atoms with Crippen LogP contribution in [0.1, 0.15) is 55.7 Å². The monoisotopic (exact) mass is 516 g/mol. The topological polar surface area (TPSA) is 49.4 Å². The molecule has 1 aliphatic carbocycles. The van der Waals surface area contributed by atoms with Gasteiger partial charge in [-0.25, -0.2) is 0 Å². The number of rotatable bonds is 9. The Kier molecular flexibility index (Phi) is 9.67. The Morgan fingerprint density at radius 3 is 2.47 bits per heavy atom. The van der Waals surface area contributed by atoms with Crippen LogP contribution in [0.2, 0.25) is 0 Å². The SMILES string of the molecule is Cc1ccccc1CN(C(=O)CSCc1ccc(Br)cc1)C(C)C(=O)NC1CCCCC1. The number of hydrogen-bond acceptors (Lipinski definition) is 3. The van der Waals surface area contributed by atoms with Crippen molar-refractivity contribution in [3.8, 4) is 0 Å².